The van der Waals surface area contributed by atoms with Crippen LogP contribution in [0.1, 0.15) is 24.0 Å². The lowest BCUT2D eigenvalue weighted by atomic mass is 10.1. The molecule has 0 spiro atoms. The molecule has 4 N–H and O–H groups in total. The molecule has 2 heterocycles. The molecule has 2 aromatic carbocycles. The van der Waals surface area contributed by atoms with Gasteiger partial charge in [0.1, 0.15) is 24.1 Å². The van der Waals surface area contributed by atoms with Crippen molar-refractivity contribution in [3.63, 3.8) is 0 Å². The van der Waals surface area contributed by atoms with E-state index in [1.54, 1.807) is 7.11 Å². The van der Waals surface area contributed by atoms with Gasteiger partial charge < -0.3 is 35.3 Å². The van der Waals surface area contributed by atoms with Gasteiger partial charge in [-0.1, -0.05) is 42.5 Å². The second-order valence-corrected chi connectivity index (χ2v) is 8.54. The molecule has 0 bridgehead atoms. The van der Waals surface area contributed by atoms with Gasteiger partial charge in [0.25, 0.3) is 0 Å². The number of benzene rings is 2. The average molecular weight is 470 g/mol. The number of methoxy groups -OCH3 is 1. The molecule has 0 saturated carbocycles. The molecule has 9 heteroatoms. The van der Waals surface area contributed by atoms with E-state index < -0.39 is 18.3 Å². The van der Waals surface area contributed by atoms with Crippen LogP contribution >= 0.6 is 0 Å². The number of amides is 3. The summed E-state index contributed by atoms with van der Waals surface area (Å²) in [6.07, 6.45) is -1.82. The van der Waals surface area contributed by atoms with Gasteiger partial charge in [-0.3, -0.25) is 4.79 Å². The van der Waals surface area contributed by atoms with Gasteiger partial charge in [0, 0.05) is 26.1 Å². The summed E-state index contributed by atoms with van der Waals surface area (Å²) in [5.41, 5.74) is 1.97. The molecule has 2 aromatic rings. The van der Waals surface area contributed by atoms with E-state index >= 15 is 0 Å². The Balaban J connectivity index is 1.14. The van der Waals surface area contributed by atoms with E-state index in [2.05, 4.69) is 16.0 Å². The van der Waals surface area contributed by atoms with Gasteiger partial charge in [-0.15, -0.1) is 0 Å². The average Bonchev–Trinajstić information content (AvgIpc) is 3.38. The second-order valence-electron chi connectivity index (χ2n) is 8.54. The lowest BCUT2D eigenvalue weighted by Gasteiger charge is -2.20. The highest BCUT2D eigenvalue weighted by Crippen LogP contribution is 2.35. The van der Waals surface area contributed by atoms with Crippen molar-refractivity contribution in [1.29, 1.82) is 0 Å². The summed E-state index contributed by atoms with van der Waals surface area (Å²) >= 11 is 0. The fourth-order valence-electron chi connectivity index (χ4n) is 4.27. The minimum absolute atomic E-state index is 0.122. The van der Waals surface area contributed by atoms with Gasteiger partial charge >= 0.3 is 6.03 Å². The van der Waals surface area contributed by atoms with Gasteiger partial charge in [0.2, 0.25) is 5.91 Å². The molecule has 3 amide bonds. The van der Waals surface area contributed by atoms with Crippen LogP contribution in [-0.2, 0) is 27.4 Å². The van der Waals surface area contributed by atoms with Crippen molar-refractivity contribution in [3.05, 3.63) is 65.7 Å². The predicted molar refractivity (Wildman–Crippen MR) is 124 cm³/mol. The van der Waals surface area contributed by atoms with Gasteiger partial charge in [0.15, 0.2) is 0 Å². The number of fused-ring (bicyclic) bond motifs is 1. The van der Waals surface area contributed by atoms with Crippen molar-refractivity contribution >= 4 is 11.9 Å². The Kier molecular flexibility index (Phi) is 7.99. The van der Waals surface area contributed by atoms with Crippen molar-refractivity contribution in [2.24, 2.45) is 0 Å². The summed E-state index contributed by atoms with van der Waals surface area (Å²) in [5, 5.41) is 19.0. The molecule has 0 unspecified atom stereocenters. The maximum absolute atomic E-state index is 12.3. The SMILES string of the molecule is COc1ccc(CNC(=O)C[C@@H]2C[C@H]3O[C@H](CNC(=O)NCc4ccccc4)[C@@H](O)[C@H]3O2)cc1. The molecule has 2 aliphatic rings. The van der Waals surface area contributed by atoms with Crippen molar-refractivity contribution in [1.82, 2.24) is 16.0 Å². The van der Waals surface area contributed by atoms with E-state index in [1.165, 1.54) is 0 Å². The van der Waals surface area contributed by atoms with Crippen LogP contribution in [0.4, 0.5) is 4.79 Å². The standard InChI is InChI=1S/C25H31N3O6/c1-32-18-9-7-17(8-10-18)13-26-22(29)12-19-11-20-24(33-19)23(30)21(34-20)15-28-25(31)27-14-16-5-3-2-4-6-16/h2-10,19-21,23-24,30H,11-15H2,1H3,(H,26,29)(H2,27,28,31)/t19-,20+,21+,23+,24-/m0/s1. The van der Waals surface area contributed by atoms with Gasteiger partial charge in [0.05, 0.1) is 25.7 Å². The zero-order valence-electron chi connectivity index (χ0n) is 19.1. The summed E-state index contributed by atoms with van der Waals surface area (Å²) in [7, 11) is 1.61. The highest BCUT2D eigenvalue weighted by Gasteiger charge is 2.50. The Morgan fingerprint density at radius 1 is 0.971 bits per heavy atom. The first-order chi connectivity index (χ1) is 16.5. The van der Waals surface area contributed by atoms with Crippen LogP contribution in [0, 0.1) is 0 Å². The van der Waals surface area contributed by atoms with Gasteiger partial charge in [-0.05, 0) is 23.3 Å². The lowest BCUT2D eigenvalue weighted by Crippen LogP contribution is -2.44. The number of aliphatic hydroxyl groups excluding tert-OH is 1. The Morgan fingerprint density at radius 2 is 1.68 bits per heavy atom. The van der Waals surface area contributed by atoms with E-state index in [1.807, 2.05) is 54.6 Å². The Hall–Kier alpha value is -3.14. The molecule has 34 heavy (non-hydrogen) atoms. The fraction of sp³-hybridized carbons (Fsp3) is 0.440. The third-order valence-electron chi connectivity index (χ3n) is 6.10. The maximum atomic E-state index is 12.3. The minimum Gasteiger partial charge on any atom is -0.497 e. The Bertz CT molecular complexity index is 955. The van der Waals surface area contributed by atoms with Crippen molar-refractivity contribution in [3.8, 4) is 5.75 Å². The monoisotopic (exact) mass is 469 g/mol. The van der Waals surface area contributed by atoms with Crippen molar-refractivity contribution in [2.75, 3.05) is 13.7 Å². The van der Waals surface area contributed by atoms with Crippen LogP contribution in [0.2, 0.25) is 0 Å². The maximum Gasteiger partial charge on any atom is 0.315 e. The second kappa shape index (κ2) is 11.3. The van der Waals surface area contributed by atoms with Crippen molar-refractivity contribution in [2.45, 2.75) is 56.5 Å². The highest BCUT2D eigenvalue weighted by atomic mass is 16.6. The molecule has 0 aromatic heterocycles. The first-order valence-electron chi connectivity index (χ1n) is 11.5. The molecule has 0 aliphatic carbocycles. The van der Waals surface area contributed by atoms with Crippen molar-refractivity contribution < 1.29 is 28.9 Å². The van der Waals surface area contributed by atoms with Crippen LogP contribution in [-0.4, -0.2) is 61.2 Å². The number of ether oxygens (including phenoxy) is 3. The molecule has 2 aliphatic heterocycles. The summed E-state index contributed by atoms with van der Waals surface area (Å²) in [4.78, 5) is 24.4. The van der Waals surface area contributed by atoms with Gasteiger partial charge in [-0.25, -0.2) is 4.79 Å². The van der Waals surface area contributed by atoms with Gasteiger partial charge in [-0.2, -0.15) is 0 Å². The predicted octanol–water partition coefficient (Wildman–Crippen LogP) is 1.49. The van der Waals surface area contributed by atoms with Crippen LogP contribution in [0.5, 0.6) is 5.75 Å². The highest BCUT2D eigenvalue weighted by molar-refractivity contribution is 5.76. The zero-order valence-corrected chi connectivity index (χ0v) is 19.1. The number of aliphatic hydroxyl groups is 1. The number of hydrogen-bond acceptors (Lipinski definition) is 6. The van der Waals surface area contributed by atoms with Crippen LogP contribution in [0.15, 0.2) is 54.6 Å². The number of urea groups is 1. The zero-order chi connectivity index (χ0) is 23.9. The molecule has 4 rings (SSSR count). The number of rotatable bonds is 9. The fourth-order valence-corrected chi connectivity index (χ4v) is 4.27. The Labute approximate surface area is 198 Å². The van der Waals surface area contributed by atoms with Crippen LogP contribution in [0.3, 0.4) is 0 Å². The molecule has 2 fully saturated rings. The summed E-state index contributed by atoms with van der Waals surface area (Å²) in [6, 6.07) is 16.8. The first-order valence-corrected chi connectivity index (χ1v) is 11.5. The molecular formula is C25H31N3O6. The Morgan fingerprint density at radius 3 is 2.38 bits per heavy atom. The minimum atomic E-state index is -0.869. The third-order valence-corrected chi connectivity index (χ3v) is 6.10. The molecule has 9 nitrogen and oxygen atoms in total. The first kappa shape index (κ1) is 24.0. The number of nitrogens with one attached hydrogen (secondary N) is 3. The molecule has 0 radical (unpaired) electrons. The quantitative estimate of drug-likeness (QED) is 0.442. The number of carbonyl (C=O) groups excluding carboxylic acids is 2. The normalized spacial score (nSPS) is 25.4. The molecule has 182 valence electrons. The van der Waals surface area contributed by atoms with E-state index in [0.29, 0.717) is 19.5 Å². The van der Waals surface area contributed by atoms with E-state index in [-0.39, 0.29) is 37.1 Å². The van der Waals surface area contributed by atoms with E-state index in [9.17, 15) is 14.7 Å². The smallest absolute Gasteiger partial charge is 0.315 e. The third kappa shape index (κ3) is 6.25. The topological polar surface area (TPSA) is 118 Å². The van der Waals surface area contributed by atoms with E-state index in [4.69, 9.17) is 14.2 Å². The van der Waals surface area contributed by atoms with E-state index in [0.717, 1.165) is 16.9 Å². The summed E-state index contributed by atoms with van der Waals surface area (Å²) in [6.45, 7) is 1.00. The lowest BCUT2D eigenvalue weighted by molar-refractivity contribution is -0.124. The number of hydrogen-bond donors (Lipinski definition) is 4. The molecular weight excluding hydrogens is 438 g/mol. The largest absolute Gasteiger partial charge is 0.497 e. The van der Waals surface area contributed by atoms with Crippen LogP contribution < -0.4 is 20.7 Å². The number of carbonyl (C=O) groups is 2. The van der Waals surface area contributed by atoms with Crippen LogP contribution in [0.25, 0.3) is 0 Å². The summed E-state index contributed by atoms with van der Waals surface area (Å²) in [5.74, 6) is 0.643. The molecule has 5 atom stereocenters. The molecule has 2 saturated heterocycles. The summed E-state index contributed by atoms with van der Waals surface area (Å²) < 4.78 is 17.0.